The maximum absolute atomic E-state index is 13.4. The van der Waals surface area contributed by atoms with Crippen molar-refractivity contribution < 1.29 is 24.5 Å². The summed E-state index contributed by atoms with van der Waals surface area (Å²) in [5.74, 6) is 2.20. The second kappa shape index (κ2) is 6.80. The van der Waals surface area contributed by atoms with Gasteiger partial charge in [-0.25, -0.2) is 0 Å². The van der Waals surface area contributed by atoms with Crippen LogP contribution in [0.15, 0.2) is 0 Å². The van der Waals surface area contributed by atoms with Crippen molar-refractivity contribution in [3.63, 3.8) is 0 Å². The highest BCUT2D eigenvalue weighted by Crippen LogP contribution is 2.71. The summed E-state index contributed by atoms with van der Waals surface area (Å²) in [6.07, 6.45) is 7.21. The maximum Gasteiger partial charge on any atom is 0.171 e. The molecule has 5 nitrogen and oxygen atoms in total. The first kappa shape index (κ1) is 22.0. The first-order valence-electron chi connectivity index (χ1n) is 13.3. The number of hydrogen-bond donors (Lipinski definition) is 2. The summed E-state index contributed by atoms with van der Waals surface area (Å²) in [7, 11) is 0. The summed E-state index contributed by atoms with van der Waals surface area (Å²) in [4.78, 5) is 13.4. The molecule has 0 amide bonds. The molecule has 2 saturated heterocycles. The largest absolute Gasteiger partial charge is 0.393 e. The Morgan fingerprint density at radius 2 is 1.81 bits per heavy atom. The van der Waals surface area contributed by atoms with E-state index in [0.717, 1.165) is 38.7 Å². The lowest BCUT2D eigenvalue weighted by Gasteiger charge is -2.63. The standard InChI is InChI=1S/C27H42O5/c1-15-5-10-27(31-14-15)16(2)23-21(32-27)12-20-18-11-22(29)26(30)13-17(28)6-9-25(26,4)19(18)7-8-24(20,23)3/h15-21,23,28,30H,5-14H2,1-4H3/t15-,16+,17+,18-,19+,20-,21+,23-,24+,25-,26+,27+/m1/s1. The number of carbonyl (C=O) groups is 1. The van der Waals surface area contributed by atoms with E-state index < -0.39 is 22.9 Å². The minimum atomic E-state index is -1.35. The summed E-state index contributed by atoms with van der Waals surface area (Å²) in [5.41, 5.74) is -1.60. The molecule has 6 fully saturated rings. The average Bonchev–Trinajstić information content (AvgIpc) is 3.18. The predicted molar refractivity (Wildman–Crippen MR) is 120 cm³/mol. The van der Waals surface area contributed by atoms with Crippen LogP contribution in [-0.2, 0) is 14.3 Å². The molecule has 2 aliphatic heterocycles. The molecule has 0 radical (unpaired) electrons. The van der Waals surface area contributed by atoms with Crippen LogP contribution in [0.3, 0.4) is 0 Å². The van der Waals surface area contributed by atoms with Crippen molar-refractivity contribution in [2.75, 3.05) is 6.61 Å². The van der Waals surface area contributed by atoms with Crippen LogP contribution in [0.4, 0.5) is 0 Å². The Labute approximate surface area is 192 Å². The number of aliphatic hydroxyl groups is 2. The lowest BCUT2D eigenvalue weighted by Crippen LogP contribution is -2.67. The number of fused-ring (bicyclic) bond motifs is 7. The van der Waals surface area contributed by atoms with Gasteiger partial charge in [0.05, 0.1) is 18.8 Å². The van der Waals surface area contributed by atoms with Gasteiger partial charge in [-0.15, -0.1) is 0 Å². The van der Waals surface area contributed by atoms with Gasteiger partial charge in [-0.2, -0.15) is 0 Å². The Morgan fingerprint density at radius 3 is 2.53 bits per heavy atom. The van der Waals surface area contributed by atoms with Crippen LogP contribution in [0.5, 0.6) is 0 Å². The van der Waals surface area contributed by atoms with Gasteiger partial charge >= 0.3 is 0 Å². The number of ether oxygens (including phenoxy) is 2. The van der Waals surface area contributed by atoms with Crippen LogP contribution in [0.2, 0.25) is 0 Å². The fourth-order valence-electron chi connectivity index (χ4n) is 10.0. The van der Waals surface area contributed by atoms with E-state index in [4.69, 9.17) is 9.47 Å². The fraction of sp³-hybridized carbons (Fsp3) is 0.963. The molecule has 6 aliphatic rings. The smallest absolute Gasteiger partial charge is 0.171 e. The van der Waals surface area contributed by atoms with E-state index in [9.17, 15) is 15.0 Å². The summed E-state index contributed by atoms with van der Waals surface area (Å²) >= 11 is 0. The first-order chi connectivity index (χ1) is 15.0. The Bertz CT molecular complexity index is 804. The highest BCUT2D eigenvalue weighted by molar-refractivity contribution is 5.89. The highest BCUT2D eigenvalue weighted by atomic mass is 16.7. The van der Waals surface area contributed by atoms with Crippen LogP contribution < -0.4 is 0 Å². The average molecular weight is 447 g/mol. The molecule has 0 aromatic carbocycles. The SMILES string of the molecule is C[C@@H]1CC[C@]2(OC1)O[C@H]1C[C@@H]3[C@@H]4CC(=O)[C@@]5(O)C[C@@H](O)CC[C@]5(C)[C@H]4CC[C@]3(C)[C@@H]1[C@@H]2C. The molecule has 0 bridgehead atoms. The van der Waals surface area contributed by atoms with Crippen LogP contribution in [0.25, 0.3) is 0 Å². The number of ketones is 1. The van der Waals surface area contributed by atoms with Crippen molar-refractivity contribution >= 4 is 5.78 Å². The van der Waals surface area contributed by atoms with Gasteiger partial charge in [0.25, 0.3) is 0 Å². The molecule has 0 aromatic rings. The van der Waals surface area contributed by atoms with E-state index in [1.165, 1.54) is 6.42 Å². The Morgan fingerprint density at radius 1 is 1.03 bits per heavy atom. The van der Waals surface area contributed by atoms with Crippen molar-refractivity contribution in [1.29, 1.82) is 0 Å². The van der Waals surface area contributed by atoms with E-state index >= 15 is 0 Å². The summed E-state index contributed by atoms with van der Waals surface area (Å²) in [6.45, 7) is 10.0. The zero-order valence-corrected chi connectivity index (χ0v) is 20.3. The minimum Gasteiger partial charge on any atom is -0.393 e. The van der Waals surface area contributed by atoms with Crippen LogP contribution in [-0.4, -0.2) is 46.2 Å². The number of rotatable bonds is 0. The number of hydrogen-bond acceptors (Lipinski definition) is 5. The molecule has 12 atom stereocenters. The third-order valence-electron chi connectivity index (χ3n) is 11.9. The van der Waals surface area contributed by atoms with Gasteiger partial charge in [0.15, 0.2) is 11.6 Å². The molecule has 1 spiro atoms. The number of Topliss-reactive ketones (excluding diaryl/α,β-unsaturated/α-hetero) is 1. The molecule has 32 heavy (non-hydrogen) atoms. The van der Waals surface area contributed by atoms with E-state index in [1.54, 1.807) is 0 Å². The molecule has 0 unspecified atom stereocenters. The second-order valence-corrected chi connectivity index (χ2v) is 13.2. The maximum atomic E-state index is 13.4. The molecular formula is C27H42O5. The molecule has 4 saturated carbocycles. The van der Waals surface area contributed by atoms with Crippen molar-refractivity contribution in [3.05, 3.63) is 0 Å². The molecule has 6 rings (SSSR count). The molecule has 180 valence electrons. The summed E-state index contributed by atoms with van der Waals surface area (Å²) in [5, 5.41) is 21.8. The van der Waals surface area contributed by atoms with Crippen molar-refractivity contribution in [2.45, 2.75) is 109 Å². The van der Waals surface area contributed by atoms with Gasteiger partial charge < -0.3 is 19.7 Å². The van der Waals surface area contributed by atoms with E-state index in [1.807, 2.05) is 0 Å². The van der Waals surface area contributed by atoms with Crippen molar-refractivity contribution in [3.8, 4) is 0 Å². The molecule has 0 aromatic heterocycles. The van der Waals surface area contributed by atoms with E-state index in [0.29, 0.717) is 48.3 Å². The molecule has 2 heterocycles. The topological polar surface area (TPSA) is 76.0 Å². The molecular weight excluding hydrogens is 404 g/mol. The lowest BCUT2D eigenvalue weighted by molar-refractivity contribution is -0.273. The van der Waals surface area contributed by atoms with Gasteiger partial charge in [0.2, 0.25) is 0 Å². The molecule has 4 aliphatic carbocycles. The van der Waals surface area contributed by atoms with E-state index in [-0.39, 0.29) is 23.7 Å². The lowest BCUT2D eigenvalue weighted by atomic mass is 9.42. The highest BCUT2D eigenvalue weighted by Gasteiger charge is 2.72. The van der Waals surface area contributed by atoms with Crippen LogP contribution >= 0.6 is 0 Å². The zero-order valence-electron chi connectivity index (χ0n) is 20.3. The fourth-order valence-corrected chi connectivity index (χ4v) is 10.0. The van der Waals surface area contributed by atoms with Crippen molar-refractivity contribution in [1.82, 2.24) is 0 Å². The normalized spacial score (nSPS) is 61.8. The van der Waals surface area contributed by atoms with E-state index in [2.05, 4.69) is 27.7 Å². The first-order valence-corrected chi connectivity index (χ1v) is 13.3. The van der Waals surface area contributed by atoms with Crippen LogP contribution in [0, 0.1) is 46.3 Å². The van der Waals surface area contributed by atoms with Crippen molar-refractivity contribution in [2.24, 2.45) is 46.3 Å². The van der Waals surface area contributed by atoms with Gasteiger partial charge in [-0.1, -0.05) is 27.7 Å². The third kappa shape index (κ3) is 2.58. The monoisotopic (exact) mass is 446 g/mol. The predicted octanol–water partition coefficient (Wildman–Crippen LogP) is 4.09. The molecule has 2 N–H and O–H groups in total. The number of carbonyl (C=O) groups excluding carboxylic acids is 1. The molecule has 5 heteroatoms. The Balaban J connectivity index is 1.30. The third-order valence-corrected chi connectivity index (χ3v) is 11.9. The van der Waals surface area contributed by atoms with Gasteiger partial charge in [-0.3, -0.25) is 4.79 Å². The Kier molecular flexibility index (Phi) is 4.68. The van der Waals surface area contributed by atoms with Gasteiger partial charge in [0.1, 0.15) is 5.60 Å². The van der Waals surface area contributed by atoms with Gasteiger partial charge in [-0.05, 0) is 73.5 Å². The zero-order chi connectivity index (χ0) is 22.7. The Hall–Kier alpha value is -0.490. The minimum absolute atomic E-state index is 0.0173. The quantitative estimate of drug-likeness (QED) is 0.586. The second-order valence-electron chi connectivity index (χ2n) is 13.2. The summed E-state index contributed by atoms with van der Waals surface area (Å²) in [6, 6.07) is 0. The van der Waals surface area contributed by atoms with Crippen LogP contribution in [0.1, 0.15) is 85.5 Å². The number of aliphatic hydroxyl groups excluding tert-OH is 1. The summed E-state index contributed by atoms with van der Waals surface area (Å²) < 4.78 is 13.2. The van der Waals surface area contributed by atoms with Gasteiger partial charge in [0, 0.05) is 30.6 Å².